The molecule has 3 heterocycles. The Morgan fingerprint density at radius 3 is 2.46 bits per heavy atom. The minimum atomic E-state index is 0.490. The van der Waals surface area contributed by atoms with Crippen molar-refractivity contribution < 1.29 is 0 Å². The summed E-state index contributed by atoms with van der Waals surface area (Å²) in [6, 6.07) is 8.51. The van der Waals surface area contributed by atoms with Crippen molar-refractivity contribution in [2.24, 2.45) is 7.05 Å². The lowest BCUT2D eigenvalue weighted by Gasteiger charge is -2.36. The molecule has 2 aromatic heterocycles. The summed E-state index contributed by atoms with van der Waals surface area (Å²) in [6.07, 6.45) is 1.71. The zero-order chi connectivity index (χ0) is 16.7. The van der Waals surface area contributed by atoms with Gasteiger partial charge in [0.1, 0.15) is 5.82 Å². The number of nitrogens with two attached hydrogens (primary N) is 1. The molecule has 124 valence electrons. The molecular formula is C17H21N7. The fraction of sp³-hybridized carbons (Fsp3) is 0.353. The van der Waals surface area contributed by atoms with E-state index in [9.17, 15) is 0 Å². The van der Waals surface area contributed by atoms with Gasteiger partial charge in [-0.3, -0.25) is 4.68 Å². The zero-order valence-electron chi connectivity index (χ0n) is 14.0. The number of para-hydroxylation sites is 1. The molecule has 1 fully saturated rings. The predicted molar refractivity (Wildman–Crippen MR) is 96.3 cm³/mol. The van der Waals surface area contributed by atoms with E-state index in [1.54, 1.807) is 10.9 Å². The van der Waals surface area contributed by atoms with Gasteiger partial charge in [-0.05, 0) is 18.6 Å². The third kappa shape index (κ3) is 2.42. The molecule has 4 rings (SSSR count). The Bertz CT molecular complexity index is 878. The van der Waals surface area contributed by atoms with Crippen molar-refractivity contribution in [2.45, 2.75) is 6.92 Å². The minimum absolute atomic E-state index is 0.490. The average Bonchev–Trinajstić information content (AvgIpc) is 2.97. The highest BCUT2D eigenvalue weighted by Crippen LogP contribution is 2.24. The number of rotatable bonds is 2. The SMILES string of the molecule is Cc1ccccc1N1CCN(c2nc(N)c3cnn(C)c3n2)CC1. The maximum absolute atomic E-state index is 6.07. The Labute approximate surface area is 140 Å². The summed E-state index contributed by atoms with van der Waals surface area (Å²) in [6.45, 7) is 5.78. The van der Waals surface area contributed by atoms with Crippen LogP contribution >= 0.6 is 0 Å². The number of aryl methyl sites for hydroxylation is 2. The van der Waals surface area contributed by atoms with E-state index in [2.05, 4.69) is 56.1 Å². The zero-order valence-corrected chi connectivity index (χ0v) is 14.0. The van der Waals surface area contributed by atoms with E-state index in [1.807, 2.05) is 7.05 Å². The lowest BCUT2D eigenvalue weighted by atomic mass is 10.1. The van der Waals surface area contributed by atoms with Crippen LogP contribution in [0.5, 0.6) is 0 Å². The second kappa shape index (κ2) is 5.67. The molecule has 7 nitrogen and oxygen atoms in total. The number of nitrogens with zero attached hydrogens (tertiary/aromatic N) is 6. The largest absolute Gasteiger partial charge is 0.383 e. The van der Waals surface area contributed by atoms with Crippen LogP contribution in [0.1, 0.15) is 5.56 Å². The molecule has 0 radical (unpaired) electrons. The second-order valence-corrected chi connectivity index (χ2v) is 6.17. The van der Waals surface area contributed by atoms with Gasteiger partial charge in [-0.2, -0.15) is 15.1 Å². The Morgan fingerprint density at radius 1 is 1.00 bits per heavy atom. The van der Waals surface area contributed by atoms with Crippen LogP contribution in [-0.2, 0) is 7.05 Å². The van der Waals surface area contributed by atoms with E-state index in [0.717, 1.165) is 37.2 Å². The van der Waals surface area contributed by atoms with Gasteiger partial charge in [0.25, 0.3) is 0 Å². The van der Waals surface area contributed by atoms with Crippen molar-refractivity contribution >= 4 is 28.5 Å². The molecule has 0 saturated carbocycles. The van der Waals surface area contributed by atoms with Crippen LogP contribution in [0.4, 0.5) is 17.5 Å². The fourth-order valence-corrected chi connectivity index (χ4v) is 3.24. The van der Waals surface area contributed by atoms with Crippen molar-refractivity contribution in [3.05, 3.63) is 36.0 Å². The summed E-state index contributed by atoms with van der Waals surface area (Å²) < 4.78 is 1.74. The maximum Gasteiger partial charge on any atom is 0.229 e. The topological polar surface area (TPSA) is 76.1 Å². The highest BCUT2D eigenvalue weighted by Gasteiger charge is 2.21. The number of hydrogen-bond donors (Lipinski definition) is 1. The van der Waals surface area contributed by atoms with Crippen LogP contribution in [0.25, 0.3) is 11.0 Å². The van der Waals surface area contributed by atoms with Crippen molar-refractivity contribution in [3.8, 4) is 0 Å². The van der Waals surface area contributed by atoms with Crippen LogP contribution in [0.3, 0.4) is 0 Å². The van der Waals surface area contributed by atoms with Crippen LogP contribution in [0.15, 0.2) is 30.5 Å². The molecule has 1 aliphatic heterocycles. The molecule has 0 aliphatic carbocycles. The van der Waals surface area contributed by atoms with E-state index in [-0.39, 0.29) is 0 Å². The molecule has 0 unspecified atom stereocenters. The minimum Gasteiger partial charge on any atom is -0.383 e. The van der Waals surface area contributed by atoms with Gasteiger partial charge in [0, 0.05) is 38.9 Å². The first-order valence-corrected chi connectivity index (χ1v) is 8.14. The molecule has 0 amide bonds. The molecule has 0 bridgehead atoms. The van der Waals surface area contributed by atoms with Gasteiger partial charge in [-0.1, -0.05) is 18.2 Å². The summed E-state index contributed by atoms with van der Waals surface area (Å²) >= 11 is 0. The first-order valence-electron chi connectivity index (χ1n) is 8.14. The van der Waals surface area contributed by atoms with Gasteiger partial charge in [0.15, 0.2) is 5.65 Å². The summed E-state index contributed by atoms with van der Waals surface area (Å²) in [4.78, 5) is 13.7. The standard InChI is InChI=1S/C17H21N7/c1-12-5-3-4-6-14(12)23-7-9-24(10-8-23)17-20-15(18)13-11-19-22(2)16(13)21-17/h3-6,11H,7-10H2,1-2H3,(H2,18,20,21). The number of anilines is 3. The quantitative estimate of drug-likeness (QED) is 0.772. The molecule has 2 N–H and O–H groups in total. The number of nitrogen functional groups attached to an aromatic ring is 1. The first-order chi connectivity index (χ1) is 11.6. The van der Waals surface area contributed by atoms with E-state index in [4.69, 9.17) is 5.73 Å². The van der Waals surface area contributed by atoms with Gasteiger partial charge in [-0.25, -0.2) is 0 Å². The Kier molecular flexibility index (Phi) is 3.48. The van der Waals surface area contributed by atoms with E-state index < -0.39 is 0 Å². The lowest BCUT2D eigenvalue weighted by Crippen LogP contribution is -2.47. The molecule has 24 heavy (non-hydrogen) atoms. The Morgan fingerprint density at radius 2 is 1.71 bits per heavy atom. The molecule has 1 aliphatic rings. The average molecular weight is 323 g/mol. The third-order valence-electron chi connectivity index (χ3n) is 4.63. The molecule has 1 saturated heterocycles. The fourth-order valence-electron chi connectivity index (χ4n) is 3.24. The number of fused-ring (bicyclic) bond motifs is 1. The summed E-state index contributed by atoms with van der Waals surface area (Å²) in [5.74, 6) is 1.18. The van der Waals surface area contributed by atoms with Crippen molar-refractivity contribution in [3.63, 3.8) is 0 Å². The highest BCUT2D eigenvalue weighted by molar-refractivity contribution is 5.86. The van der Waals surface area contributed by atoms with E-state index >= 15 is 0 Å². The first kappa shape index (κ1) is 14.7. The van der Waals surface area contributed by atoms with Gasteiger partial charge < -0.3 is 15.5 Å². The molecule has 3 aromatic rings. The third-order valence-corrected chi connectivity index (χ3v) is 4.63. The number of aromatic nitrogens is 4. The van der Waals surface area contributed by atoms with Crippen LogP contribution in [-0.4, -0.2) is 45.9 Å². The molecule has 1 aromatic carbocycles. The highest BCUT2D eigenvalue weighted by atomic mass is 15.4. The molecule has 0 atom stereocenters. The molecular weight excluding hydrogens is 302 g/mol. The molecule has 7 heteroatoms. The monoisotopic (exact) mass is 323 g/mol. The van der Waals surface area contributed by atoms with Gasteiger partial charge in [0.2, 0.25) is 5.95 Å². The summed E-state index contributed by atoms with van der Waals surface area (Å²) in [5, 5.41) is 5.02. The predicted octanol–water partition coefficient (Wildman–Crippen LogP) is 1.58. The summed E-state index contributed by atoms with van der Waals surface area (Å²) in [7, 11) is 1.87. The van der Waals surface area contributed by atoms with Crippen LogP contribution < -0.4 is 15.5 Å². The Balaban J connectivity index is 1.56. The summed E-state index contributed by atoms with van der Waals surface area (Å²) in [5.41, 5.74) is 9.46. The van der Waals surface area contributed by atoms with E-state index in [0.29, 0.717) is 11.8 Å². The van der Waals surface area contributed by atoms with Crippen molar-refractivity contribution in [2.75, 3.05) is 41.7 Å². The number of benzene rings is 1. The van der Waals surface area contributed by atoms with Crippen LogP contribution in [0.2, 0.25) is 0 Å². The van der Waals surface area contributed by atoms with Gasteiger partial charge in [-0.15, -0.1) is 0 Å². The molecule has 0 spiro atoms. The number of hydrogen-bond acceptors (Lipinski definition) is 6. The van der Waals surface area contributed by atoms with Gasteiger partial charge in [0.05, 0.1) is 11.6 Å². The second-order valence-electron chi connectivity index (χ2n) is 6.17. The van der Waals surface area contributed by atoms with Gasteiger partial charge >= 0.3 is 0 Å². The lowest BCUT2D eigenvalue weighted by molar-refractivity contribution is 0.639. The Hall–Kier alpha value is -2.83. The van der Waals surface area contributed by atoms with E-state index in [1.165, 1.54) is 11.3 Å². The normalized spacial score (nSPS) is 15.2. The van der Waals surface area contributed by atoms with Crippen LogP contribution in [0, 0.1) is 6.92 Å². The van der Waals surface area contributed by atoms with Crippen molar-refractivity contribution in [1.82, 2.24) is 19.7 Å². The number of piperazine rings is 1. The van der Waals surface area contributed by atoms with Crippen molar-refractivity contribution in [1.29, 1.82) is 0 Å². The maximum atomic E-state index is 6.07. The smallest absolute Gasteiger partial charge is 0.229 e.